The van der Waals surface area contributed by atoms with Crippen molar-refractivity contribution in [3.8, 4) is 17.3 Å². The van der Waals surface area contributed by atoms with E-state index in [2.05, 4.69) is 22.2 Å². The molecule has 2 aromatic rings. The highest BCUT2D eigenvalue weighted by Crippen LogP contribution is 2.35. The summed E-state index contributed by atoms with van der Waals surface area (Å²) in [6.07, 6.45) is 8.71. The number of pyridine rings is 1. The van der Waals surface area contributed by atoms with Gasteiger partial charge in [-0.15, -0.1) is 0 Å². The van der Waals surface area contributed by atoms with Crippen LogP contribution >= 0.6 is 0 Å². The van der Waals surface area contributed by atoms with Gasteiger partial charge in [0.05, 0.1) is 11.3 Å². The van der Waals surface area contributed by atoms with Crippen LogP contribution in [0.25, 0.3) is 17.3 Å². The van der Waals surface area contributed by atoms with E-state index in [1.54, 1.807) is 12.3 Å². The maximum absolute atomic E-state index is 9.44. The van der Waals surface area contributed by atoms with E-state index in [1.807, 2.05) is 18.3 Å². The summed E-state index contributed by atoms with van der Waals surface area (Å²) in [6, 6.07) is 6.32. The summed E-state index contributed by atoms with van der Waals surface area (Å²) in [6.45, 7) is 4.86. The highest BCUT2D eigenvalue weighted by molar-refractivity contribution is 5.78. The highest BCUT2D eigenvalue weighted by atomic mass is 15.0. The molecule has 0 unspecified atom stereocenters. The van der Waals surface area contributed by atoms with Crippen molar-refractivity contribution in [2.24, 2.45) is 0 Å². The quantitative estimate of drug-likeness (QED) is 0.818. The van der Waals surface area contributed by atoms with E-state index in [9.17, 15) is 5.26 Å². The molecule has 0 amide bonds. The molecule has 3 heterocycles. The molecule has 94 valence electrons. The van der Waals surface area contributed by atoms with Crippen LogP contribution in [0.4, 0.5) is 0 Å². The molecule has 0 N–H and O–H groups in total. The van der Waals surface area contributed by atoms with Gasteiger partial charge in [0.15, 0.2) is 0 Å². The van der Waals surface area contributed by atoms with Crippen LogP contribution in [0, 0.1) is 11.3 Å². The van der Waals surface area contributed by atoms with Gasteiger partial charge in [0.1, 0.15) is 6.07 Å². The summed E-state index contributed by atoms with van der Waals surface area (Å²) in [4.78, 5) is 4.19. The van der Waals surface area contributed by atoms with Gasteiger partial charge < -0.3 is 4.57 Å². The third-order valence-corrected chi connectivity index (χ3v) is 3.70. The molecule has 1 aliphatic heterocycles. The van der Waals surface area contributed by atoms with Crippen molar-refractivity contribution >= 4 is 6.08 Å². The Bertz CT molecular complexity index is 660. The average Bonchev–Trinajstić information content (AvgIpc) is 2.81. The maximum Gasteiger partial charge on any atom is 0.102 e. The molecule has 3 nitrogen and oxygen atoms in total. The van der Waals surface area contributed by atoms with Gasteiger partial charge in [-0.2, -0.15) is 5.26 Å². The minimum atomic E-state index is 0.786. The van der Waals surface area contributed by atoms with Crippen LogP contribution in [0.1, 0.15) is 29.7 Å². The summed E-state index contributed by atoms with van der Waals surface area (Å²) >= 11 is 0. The standard InChI is InChI=1S/C16H15N3/c1-2-13-14(10-17)15-7-3-4-9-19(15)16(13)12-6-5-8-18-11-12/h2,5-6,8,11H,1,3-4,7,9H2. The van der Waals surface area contributed by atoms with E-state index in [1.165, 1.54) is 0 Å². The molecule has 0 bridgehead atoms. The predicted molar refractivity (Wildman–Crippen MR) is 75.4 cm³/mol. The van der Waals surface area contributed by atoms with Crippen LogP contribution in [0.15, 0.2) is 31.1 Å². The average molecular weight is 249 g/mol. The number of nitrogens with zero attached hydrogens (tertiary/aromatic N) is 3. The number of fused-ring (bicyclic) bond motifs is 1. The van der Waals surface area contributed by atoms with E-state index in [4.69, 9.17) is 0 Å². The first-order valence-electron chi connectivity index (χ1n) is 6.55. The maximum atomic E-state index is 9.44. The van der Waals surface area contributed by atoms with Gasteiger partial charge in [-0.1, -0.05) is 12.7 Å². The largest absolute Gasteiger partial charge is 0.343 e. The Morgan fingerprint density at radius 2 is 2.32 bits per heavy atom. The Balaban J connectivity index is 2.32. The zero-order chi connectivity index (χ0) is 13.2. The number of hydrogen-bond donors (Lipinski definition) is 0. The zero-order valence-electron chi connectivity index (χ0n) is 10.8. The van der Waals surface area contributed by atoms with E-state index >= 15 is 0 Å². The van der Waals surface area contributed by atoms with Crippen molar-refractivity contribution < 1.29 is 0 Å². The highest BCUT2D eigenvalue weighted by Gasteiger charge is 2.23. The number of aromatic nitrogens is 2. The van der Waals surface area contributed by atoms with Gasteiger partial charge in [0.2, 0.25) is 0 Å². The fraction of sp³-hybridized carbons (Fsp3) is 0.250. The second kappa shape index (κ2) is 4.74. The fourth-order valence-electron chi connectivity index (χ4n) is 2.90. The third kappa shape index (κ3) is 1.77. The molecule has 2 aromatic heterocycles. The summed E-state index contributed by atoms with van der Waals surface area (Å²) in [5.74, 6) is 0. The molecular weight excluding hydrogens is 234 g/mol. The molecule has 3 heteroatoms. The van der Waals surface area contributed by atoms with E-state index in [0.29, 0.717) is 0 Å². The van der Waals surface area contributed by atoms with Gasteiger partial charge in [0, 0.05) is 35.8 Å². The molecule has 0 atom stereocenters. The molecule has 3 rings (SSSR count). The summed E-state index contributed by atoms with van der Waals surface area (Å²) in [7, 11) is 0. The van der Waals surface area contributed by atoms with Crippen LogP contribution < -0.4 is 0 Å². The lowest BCUT2D eigenvalue weighted by atomic mass is 10.0. The number of nitriles is 1. The lowest BCUT2D eigenvalue weighted by Crippen LogP contribution is -2.11. The van der Waals surface area contributed by atoms with Crippen LogP contribution in [-0.2, 0) is 13.0 Å². The molecule has 0 radical (unpaired) electrons. The Hall–Kier alpha value is -2.34. The molecule has 0 fully saturated rings. The Kier molecular flexibility index (Phi) is 2.92. The van der Waals surface area contributed by atoms with Crippen molar-refractivity contribution in [1.82, 2.24) is 9.55 Å². The summed E-state index contributed by atoms with van der Waals surface area (Å²) in [5, 5.41) is 9.44. The van der Waals surface area contributed by atoms with Gasteiger partial charge in [-0.05, 0) is 31.4 Å². The first-order valence-corrected chi connectivity index (χ1v) is 6.55. The summed E-state index contributed by atoms with van der Waals surface area (Å²) in [5.41, 5.74) is 5.04. The second-order valence-corrected chi connectivity index (χ2v) is 4.75. The normalized spacial score (nSPS) is 13.6. The van der Waals surface area contributed by atoms with Crippen molar-refractivity contribution in [1.29, 1.82) is 5.26 Å². The van der Waals surface area contributed by atoms with Crippen LogP contribution in [-0.4, -0.2) is 9.55 Å². The SMILES string of the molecule is C=Cc1c(C#N)c2n(c1-c1cccnc1)CCCC2. The molecule has 0 aliphatic carbocycles. The minimum absolute atomic E-state index is 0.786. The minimum Gasteiger partial charge on any atom is -0.343 e. The van der Waals surface area contributed by atoms with Crippen LogP contribution in [0.2, 0.25) is 0 Å². The Labute approximate surface area is 112 Å². The first-order chi connectivity index (χ1) is 9.36. The summed E-state index contributed by atoms with van der Waals surface area (Å²) < 4.78 is 2.27. The predicted octanol–water partition coefficient (Wildman–Crippen LogP) is 3.40. The van der Waals surface area contributed by atoms with E-state index in [0.717, 1.165) is 53.9 Å². The van der Waals surface area contributed by atoms with Gasteiger partial charge in [0.25, 0.3) is 0 Å². The molecule has 0 saturated heterocycles. The second-order valence-electron chi connectivity index (χ2n) is 4.75. The lowest BCUT2D eigenvalue weighted by Gasteiger charge is -2.18. The smallest absolute Gasteiger partial charge is 0.102 e. The Morgan fingerprint density at radius 1 is 1.42 bits per heavy atom. The lowest BCUT2D eigenvalue weighted by molar-refractivity contribution is 0.536. The zero-order valence-corrected chi connectivity index (χ0v) is 10.8. The number of rotatable bonds is 2. The fourth-order valence-corrected chi connectivity index (χ4v) is 2.90. The van der Waals surface area contributed by atoms with E-state index < -0.39 is 0 Å². The van der Waals surface area contributed by atoms with Crippen LogP contribution in [0.5, 0.6) is 0 Å². The number of hydrogen-bond acceptors (Lipinski definition) is 2. The third-order valence-electron chi connectivity index (χ3n) is 3.70. The van der Waals surface area contributed by atoms with E-state index in [-0.39, 0.29) is 0 Å². The molecule has 0 aromatic carbocycles. The first kappa shape index (κ1) is 11.7. The van der Waals surface area contributed by atoms with Crippen molar-refractivity contribution in [3.63, 3.8) is 0 Å². The molecule has 0 saturated carbocycles. The topological polar surface area (TPSA) is 41.6 Å². The molecular formula is C16H15N3. The monoisotopic (exact) mass is 249 g/mol. The van der Waals surface area contributed by atoms with Gasteiger partial charge in [-0.3, -0.25) is 4.98 Å². The van der Waals surface area contributed by atoms with Gasteiger partial charge in [-0.25, -0.2) is 0 Å². The van der Waals surface area contributed by atoms with Crippen molar-refractivity contribution in [3.05, 3.63) is 47.9 Å². The van der Waals surface area contributed by atoms with Gasteiger partial charge >= 0.3 is 0 Å². The van der Waals surface area contributed by atoms with Crippen molar-refractivity contribution in [2.45, 2.75) is 25.8 Å². The Morgan fingerprint density at radius 3 is 3.00 bits per heavy atom. The molecule has 0 spiro atoms. The molecule has 1 aliphatic rings. The van der Waals surface area contributed by atoms with Crippen LogP contribution in [0.3, 0.4) is 0 Å². The molecule has 19 heavy (non-hydrogen) atoms. The van der Waals surface area contributed by atoms with Crippen molar-refractivity contribution in [2.75, 3.05) is 0 Å².